The molecule has 134 valence electrons. The van der Waals surface area contributed by atoms with Crippen LogP contribution in [0.3, 0.4) is 0 Å². The van der Waals surface area contributed by atoms with Crippen LogP contribution in [0.25, 0.3) is 0 Å². The molecule has 0 fully saturated rings. The maximum atomic E-state index is 11.9. The first-order chi connectivity index (χ1) is 12.1. The quantitative estimate of drug-likeness (QED) is 0.784. The highest BCUT2D eigenvalue weighted by molar-refractivity contribution is 5.76. The van der Waals surface area contributed by atoms with Crippen molar-refractivity contribution in [1.29, 1.82) is 0 Å². The largest absolute Gasteiger partial charge is 0.390 e. The first-order valence-electron chi connectivity index (χ1n) is 8.82. The van der Waals surface area contributed by atoms with E-state index >= 15 is 0 Å². The number of imidazole rings is 1. The van der Waals surface area contributed by atoms with Gasteiger partial charge in [0.2, 0.25) is 5.91 Å². The van der Waals surface area contributed by atoms with Gasteiger partial charge >= 0.3 is 0 Å². The van der Waals surface area contributed by atoms with Crippen molar-refractivity contribution in [1.82, 2.24) is 19.8 Å². The van der Waals surface area contributed by atoms with Gasteiger partial charge in [-0.05, 0) is 17.5 Å². The number of rotatable bonds is 7. The predicted octanol–water partition coefficient (Wildman–Crippen LogP) is 0.888. The SMILES string of the molecule is Cn1ccnc1CCC(=O)NC[C@H](O)CN1CCc2ccccc2C1. The number of aliphatic hydroxyl groups is 1. The second-order valence-corrected chi connectivity index (χ2v) is 6.67. The van der Waals surface area contributed by atoms with E-state index in [-0.39, 0.29) is 12.5 Å². The zero-order valence-electron chi connectivity index (χ0n) is 14.7. The van der Waals surface area contributed by atoms with Crippen LogP contribution < -0.4 is 5.32 Å². The van der Waals surface area contributed by atoms with Crippen LogP contribution >= 0.6 is 0 Å². The van der Waals surface area contributed by atoms with Gasteiger partial charge in [0.1, 0.15) is 5.82 Å². The molecular formula is C19H26N4O2. The summed E-state index contributed by atoms with van der Waals surface area (Å²) in [5.41, 5.74) is 2.73. The molecule has 0 saturated carbocycles. The Labute approximate surface area is 148 Å². The Bertz CT molecular complexity index is 713. The minimum Gasteiger partial charge on any atom is -0.390 e. The zero-order valence-corrected chi connectivity index (χ0v) is 14.7. The third-order valence-corrected chi connectivity index (χ3v) is 4.71. The molecule has 1 aliphatic heterocycles. The van der Waals surface area contributed by atoms with E-state index in [9.17, 15) is 9.90 Å². The lowest BCUT2D eigenvalue weighted by atomic mass is 10.00. The molecular weight excluding hydrogens is 316 g/mol. The number of benzene rings is 1. The lowest BCUT2D eigenvalue weighted by molar-refractivity contribution is -0.121. The Hall–Kier alpha value is -2.18. The maximum absolute atomic E-state index is 11.9. The molecule has 25 heavy (non-hydrogen) atoms. The number of hydrogen-bond acceptors (Lipinski definition) is 4. The summed E-state index contributed by atoms with van der Waals surface area (Å²) in [4.78, 5) is 18.4. The Morgan fingerprint density at radius 2 is 2.16 bits per heavy atom. The normalized spacial score (nSPS) is 15.6. The van der Waals surface area contributed by atoms with E-state index in [2.05, 4.69) is 39.5 Å². The molecule has 1 aromatic carbocycles. The lowest BCUT2D eigenvalue weighted by Crippen LogP contribution is -2.42. The van der Waals surface area contributed by atoms with Crippen molar-refractivity contribution in [2.45, 2.75) is 31.9 Å². The number of carbonyl (C=O) groups excluding carboxylic acids is 1. The van der Waals surface area contributed by atoms with Gasteiger partial charge < -0.3 is 15.0 Å². The van der Waals surface area contributed by atoms with Crippen LogP contribution in [-0.4, -0.2) is 51.2 Å². The number of aliphatic hydroxyl groups excluding tert-OH is 1. The molecule has 1 atom stereocenters. The van der Waals surface area contributed by atoms with E-state index in [0.717, 1.165) is 25.3 Å². The van der Waals surface area contributed by atoms with Gasteiger partial charge in [0.05, 0.1) is 6.10 Å². The van der Waals surface area contributed by atoms with E-state index in [4.69, 9.17) is 0 Å². The second-order valence-electron chi connectivity index (χ2n) is 6.67. The Morgan fingerprint density at radius 1 is 1.36 bits per heavy atom. The molecule has 0 spiro atoms. The van der Waals surface area contributed by atoms with Crippen LogP contribution in [0.4, 0.5) is 0 Å². The molecule has 6 heteroatoms. The van der Waals surface area contributed by atoms with E-state index in [1.165, 1.54) is 11.1 Å². The smallest absolute Gasteiger partial charge is 0.220 e. The molecule has 3 rings (SSSR count). The molecule has 0 radical (unpaired) electrons. The number of nitrogens with zero attached hydrogens (tertiary/aromatic N) is 3. The first kappa shape index (κ1) is 17.6. The number of hydrogen-bond donors (Lipinski definition) is 2. The number of fused-ring (bicyclic) bond motifs is 1. The highest BCUT2D eigenvalue weighted by atomic mass is 16.3. The summed E-state index contributed by atoms with van der Waals surface area (Å²) in [5, 5.41) is 13.0. The minimum absolute atomic E-state index is 0.0500. The summed E-state index contributed by atoms with van der Waals surface area (Å²) in [6.07, 6.45) is 5.05. The zero-order chi connectivity index (χ0) is 17.6. The molecule has 2 aromatic rings. The molecule has 1 aliphatic rings. The van der Waals surface area contributed by atoms with Crippen LogP contribution in [0.1, 0.15) is 23.4 Å². The fraction of sp³-hybridized carbons (Fsp3) is 0.474. The number of amides is 1. The Kier molecular flexibility index (Phi) is 5.83. The highest BCUT2D eigenvalue weighted by Gasteiger charge is 2.18. The Balaban J connectivity index is 1.37. The fourth-order valence-electron chi connectivity index (χ4n) is 3.26. The summed E-state index contributed by atoms with van der Waals surface area (Å²) >= 11 is 0. The van der Waals surface area contributed by atoms with Gasteiger partial charge in [0.25, 0.3) is 0 Å². The van der Waals surface area contributed by atoms with Crippen LogP contribution in [0.5, 0.6) is 0 Å². The maximum Gasteiger partial charge on any atom is 0.220 e. The fourth-order valence-corrected chi connectivity index (χ4v) is 3.26. The molecule has 0 saturated heterocycles. The monoisotopic (exact) mass is 342 g/mol. The van der Waals surface area contributed by atoms with Gasteiger partial charge in [0, 0.05) is 58.5 Å². The Morgan fingerprint density at radius 3 is 2.92 bits per heavy atom. The van der Waals surface area contributed by atoms with Crippen molar-refractivity contribution in [2.24, 2.45) is 7.05 Å². The first-order valence-corrected chi connectivity index (χ1v) is 8.82. The third kappa shape index (κ3) is 4.90. The van der Waals surface area contributed by atoms with Gasteiger partial charge in [-0.15, -0.1) is 0 Å². The van der Waals surface area contributed by atoms with Crippen molar-refractivity contribution in [2.75, 3.05) is 19.6 Å². The van der Waals surface area contributed by atoms with Gasteiger partial charge in [-0.3, -0.25) is 9.69 Å². The molecule has 2 heterocycles. The molecule has 0 bridgehead atoms. The predicted molar refractivity (Wildman–Crippen MR) is 96.0 cm³/mol. The third-order valence-electron chi connectivity index (χ3n) is 4.71. The van der Waals surface area contributed by atoms with Crippen LogP contribution in [0.2, 0.25) is 0 Å². The molecule has 1 amide bonds. The van der Waals surface area contributed by atoms with Crippen LogP contribution in [0.15, 0.2) is 36.7 Å². The molecule has 6 nitrogen and oxygen atoms in total. The molecule has 2 N–H and O–H groups in total. The summed E-state index contributed by atoms with van der Waals surface area (Å²) in [6, 6.07) is 8.45. The molecule has 0 aliphatic carbocycles. The standard InChI is InChI=1S/C19H26N4O2/c1-22-11-9-20-18(22)6-7-19(25)21-12-17(24)14-23-10-8-15-4-2-3-5-16(15)13-23/h2-5,9,11,17,24H,6-8,10,12-14H2,1H3,(H,21,25)/t17-/m0/s1. The van der Waals surface area contributed by atoms with Crippen LogP contribution in [0, 0.1) is 0 Å². The minimum atomic E-state index is -0.553. The number of β-amino-alcohol motifs (C(OH)–C–C–N with tert-alkyl or cyclic N) is 1. The van der Waals surface area contributed by atoms with E-state index < -0.39 is 6.10 Å². The molecule has 0 unspecified atom stereocenters. The number of aromatic nitrogens is 2. The van der Waals surface area contributed by atoms with Gasteiger partial charge in [-0.1, -0.05) is 24.3 Å². The van der Waals surface area contributed by atoms with Crippen molar-refractivity contribution < 1.29 is 9.90 Å². The number of nitrogens with one attached hydrogen (secondary N) is 1. The summed E-state index contributed by atoms with van der Waals surface area (Å²) in [5.74, 6) is 0.841. The number of aryl methyl sites for hydroxylation is 2. The van der Waals surface area contributed by atoms with Crippen molar-refractivity contribution in [3.8, 4) is 0 Å². The van der Waals surface area contributed by atoms with E-state index in [1.54, 1.807) is 6.20 Å². The van der Waals surface area contributed by atoms with Crippen molar-refractivity contribution >= 4 is 5.91 Å². The van der Waals surface area contributed by atoms with Gasteiger partial charge in [-0.25, -0.2) is 4.98 Å². The average molecular weight is 342 g/mol. The highest BCUT2D eigenvalue weighted by Crippen LogP contribution is 2.18. The van der Waals surface area contributed by atoms with Gasteiger partial charge in [0.15, 0.2) is 0 Å². The van der Waals surface area contributed by atoms with E-state index in [0.29, 0.717) is 19.4 Å². The van der Waals surface area contributed by atoms with Crippen molar-refractivity contribution in [3.63, 3.8) is 0 Å². The summed E-state index contributed by atoms with van der Waals surface area (Å²) < 4.78 is 1.91. The summed E-state index contributed by atoms with van der Waals surface area (Å²) in [7, 11) is 1.92. The van der Waals surface area contributed by atoms with Crippen LogP contribution in [-0.2, 0) is 31.2 Å². The lowest BCUT2D eigenvalue weighted by Gasteiger charge is -2.30. The number of carbonyl (C=O) groups is 1. The molecule has 1 aromatic heterocycles. The second kappa shape index (κ2) is 8.27. The topological polar surface area (TPSA) is 70.4 Å². The van der Waals surface area contributed by atoms with Crippen molar-refractivity contribution in [3.05, 3.63) is 53.6 Å². The van der Waals surface area contributed by atoms with Gasteiger partial charge in [-0.2, -0.15) is 0 Å². The summed E-state index contributed by atoms with van der Waals surface area (Å²) in [6.45, 7) is 2.67. The average Bonchev–Trinajstić information content (AvgIpc) is 3.03. The van der Waals surface area contributed by atoms with E-state index in [1.807, 2.05) is 17.8 Å².